The number of fused-ring (bicyclic) bond motifs is 1. The van der Waals surface area contributed by atoms with Crippen LogP contribution in [0.2, 0.25) is 0 Å². The third kappa shape index (κ3) is 4.65. The van der Waals surface area contributed by atoms with Crippen molar-refractivity contribution in [1.29, 1.82) is 0 Å². The van der Waals surface area contributed by atoms with Gasteiger partial charge in [-0.05, 0) is 43.3 Å². The molecule has 2 heterocycles. The van der Waals surface area contributed by atoms with Crippen molar-refractivity contribution in [1.82, 2.24) is 14.5 Å². The van der Waals surface area contributed by atoms with Crippen LogP contribution >= 0.6 is 11.8 Å². The van der Waals surface area contributed by atoms with Crippen molar-refractivity contribution in [2.24, 2.45) is 0 Å². The number of methoxy groups -OCH3 is 3. The van der Waals surface area contributed by atoms with Gasteiger partial charge in [-0.25, -0.2) is 9.97 Å². The number of hydrogen-bond donors (Lipinski definition) is 0. The molecule has 0 fully saturated rings. The van der Waals surface area contributed by atoms with Crippen molar-refractivity contribution in [2.45, 2.75) is 17.8 Å². The van der Waals surface area contributed by atoms with Crippen LogP contribution in [-0.2, 0) is 5.75 Å². The lowest BCUT2D eigenvalue weighted by Crippen LogP contribution is -2.22. The highest BCUT2D eigenvalue weighted by molar-refractivity contribution is 7.98. The summed E-state index contributed by atoms with van der Waals surface area (Å²) in [5.41, 5.74) is 2.47. The summed E-state index contributed by atoms with van der Waals surface area (Å²) in [6.45, 7) is 1.87. The zero-order valence-corrected chi connectivity index (χ0v) is 21.7. The van der Waals surface area contributed by atoms with Gasteiger partial charge in [0.2, 0.25) is 5.89 Å². The summed E-state index contributed by atoms with van der Waals surface area (Å²) in [6, 6.07) is 20.2. The second-order valence-corrected chi connectivity index (χ2v) is 9.04. The number of aromatic nitrogens is 3. The maximum absolute atomic E-state index is 13.7. The zero-order chi connectivity index (χ0) is 25.9. The average molecular weight is 516 g/mol. The number of oxazole rings is 1. The Kier molecular flexibility index (Phi) is 6.87. The van der Waals surface area contributed by atoms with Gasteiger partial charge in [0.05, 0.1) is 49.2 Å². The minimum atomic E-state index is -0.203. The second kappa shape index (κ2) is 10.4. The molecule has 37 heavy (non-hydrogen) atoms. The SMILES string of the molecule is COc1ccc(OC)c(-n2c(SCc3nc(-c4ccccc4OC)oc3C)nc3ccccc3c2=O)c1. The van der Waals surface area contributed by atoms with E-state index in [-0.39, 0.29) is 5.56 Å². The molecule has 9 heteroatoms. The summed E-state index contributed by atoms with van der Waals surface area (Å²) in [4.78, 5) is 23.3. The molecule has 0 aliphatic carbocycles. The van der Waals surface area contributed by atoms with Crippen LogP contribution < -0.4 is 19.8 Å². The third-order valence-electron chi connectivity index (χ3n) is 5.94. The highest BCUT2D eigenvalue weighted by Crippen LogP contribution is 2.34. The van der Waals surface area contributed by atoms with E-state index >= 15 is 0 Å². The highest BCUT2D eigenvalue weighted by atomic mass is 32.2. The Morgan fingerprint density at radius 2 is 1.65 bits per heavy atom. The van der Waals surface area contributed by atoms with Gasteiger partial charge in [-0.1, -0.05) is 36.0 Å². The van der Waals surface area contributed by atoms with Gasteiger partial charge in [0, 0.05) is 11.8 Å². The van der Waals surface area contributed by atoms with E-state index < -0.39 is 0 Å². The molecule has 0 unspecified atom stereocenters. The van der Waals surface area contributed by atoms with E-state index in [0.717, 1.165) is 11.3 Å². The van der Waals surface area contributed by atoms with E-state index in [1.165, 1.54) is 11.8 Å². The molecule has 8 nitrogen and oxygen atoms in total. The van der Waals surface area contributed by atoms with Gasteiger partial charge in [0.15, 0.2) is 5.16 Å². The lowest BCUT2D eigenvalue weighted by atomic mass is 10.2. The Morgan fingerprint density at radius 1 is 0.892 bits per heavy atom. The molecule has 0 radical (unpaired) electrons. The topological polar surface area (TPSA) is 88.6 Å². The monoisotopic (exact) mass is 515 g/mol. The number of para-hydroxylation sites is 2. The predicted octanol–water partition coefficient (Wildman–Crippen LogP) is 5.67. The van der Waals surface area contributed by atoms with Gasteiger partial charge >= 0.3 is 0 Å². The highest BCUT2D eigenvalue weighted by Gasteiger charge is 2.20. The largest absolute Gasteiger partial charge is 0.497 e. The first kappa shape index (κ1) is 24.5. The molecule has 5 aromatic rings. The average Bonchev–Trinajstić information content (AvgIpc) is 3.31. The van der Waals surface area contributed by atoms with E-state index in [1.54, 1.807) is 50.2 Å². The van der Waals surface area contributed by atoms with Crippen molar-refractivity contribution in [3.63, 3.8) is 0 Å². The summed E-state index contributed by atoms with van der Waals surface area (Å²) < 4.78 is 24.0. The molecule has 5 rings (SSSR count). The molecule has 188 valence electrons. The maximum atomic E-state index is 13.7. The Hall–Kier alpha value is -4.24. The fourth-order valence-corrected chi connectivity index (χ4v) is 5.03. The van der Waals surface area contributed by atoms with Crippen LogP contribution in [-0.4, -0.2) is 35.9 Å². The van der Waals surface area contributed by atoms with E-state index in [1.807, 2.05) is 49.4 Å². The molecular weight excluding hydrogens is 490 g/mol. The van der Waals surface area contributed by atoms with Crippen molar-refractivity contribution in [3.8, 4) is 34.4 Å². The van der Waals surface area contributed by atoms with Crippen LogP contribution in [0.25, 0.3) is 28.0 Å². The molecule has 0 saturated heterocycles. The maximum Gasteiger partial charge on any atom is 0.266 e. The summed E-state index contributed by atoms with van der Waals surface area (Å²) in [5, 5.41) is 1.00. The Labute approximate surface area is 217 Å². The molecule has 3 aromatic carbocycles. The molecule has 0 aliphatic rings. The number of nitrogens with zero attached hydrogens (tertiary/aromatic N) is 3. The molecule has 0 amide bonds. The summed E-state index contributed by atoms with van der Waals surface area (Å²) >= 11 is 1.39. The number of thioether (sulfide) groups is 1. The predicted molar refractivity (Wildman–Crippen MR) is 143 cm³/mol. The minimum absolute atomic E-state index is 0.203. The van der Waals surface area contributed by atoms with Crippen molar-refractivity contribution < 1.29 is 18.6 Å². The van der Waals surface area contributed by atoms with Crippen molar-refractivity contribution >= 4 is 22.7 Å². The van der Waals surface area contributed by atoms with Crippen LogP contribution in [0, 0.1) is 6.92 Å². The van der Waals surface area contributed by atoms with E-state index in [0.29, 0.717) is 56.4 Å². The molecule has 0 spiro atoms. The molecule has 0 bridgehead atoms. The van der Waals surface area contributed by atoms with Crippen LogP contribution in [0.1, 0.15) is 11.5 Å². The first-order valence-electron chi connectivity index (χ1n) is 11.5. The first-order chi connectivity index (χ1) is 18.0. The normalized spacial score (nSPS) is 11.0. The third-order valence-corrected chi connectivity index (χ3v) is 6.89. The Bertz CT molecular complexity index is 1640. The number of aryl methyl sites for hydroxylation is 1. The zero-order valence-electron chi connectivity index (χ0n) is 20.8. The van der Waals surface area contributed by atoms with Crippen LogP contribution in [0.4, 0.5) is 0 Å². The van der Waals surface area contributed by atoms with Crippen LogP contribution in [0.3, 0.4) is 0 Å². The Balaban J connectivity index is 1.59. The van der Waals surface area contributed by atoms with Gasteiger partial charge in [-0.2, -0.15) is 0 Å². The molecular formula is C28H25N3O5S. The van der Waals surface area contributed by atoms with E-state index in [4.69, 9.17) is 28.6 Å². The van der Waals surface area contributed by atoms with Crippen LogP contribution in [0.15, 0.2) is 81.1 Å². The Morgan fingerprint density at radius 3 is 2.43 bits per heavy atom. The van der Waals surface area contributed by atoms with E-state index in [9.17, 15) is 4.79 Å². The van der Waals surface area contributed by atoms with Gasteiger partial charge in [0.1, 0.15) is 23.0 Å². The molecule has 0 atom stereocenters. The molecule has 2 aromatic heterocycles. The lowest BCUT2D eigenvalue weighted by molar-refractivity contribution is 0.400. The van der Waals surface area contributed by atoms with Gasteiger partial charge < -0.3 is 18.6 Å². The van der Waals surface area contributed by atoms with Gasteiger partial charge in [-0.15, -0.1) is 0 Å². The number of ether oxygens (including phenoxy) is 3. The lowest BCUT2D eigenvalue weighted by Gasteiger charge is -2.16. The van der Waals surface area contributed by atoms with Gasteiger partial charge in [0.25, 0.3) is 5.56 Å². The smallest absolute Gasteiger partial charge is 0.266 e. The quantitative estimate of drug-likeness (QED) is 0.193. The van der Waals surface area contributed by atoms with E-state index in [2.05, 4.69) is 0 Å². The molecule has 0 saturated carbocycles. The first-order valence-corrected chi connectivity index (χ1v) is 12.5. The molecule has 0 aliphatic heterocycles. The van der Waals surface area contributed by atoms with Crippen molar-refractivity contribution in [3.05, 3.63) is 88.5 Å². The van der Waals surface area contributed by atoms with Gasteiger partial charge in [-0.3, -0.25) is 9.36 Å². The van der Waals surface area contributed by atoms with Crippen LogP contribution in [0.5, 0.6) is 17.2 Å². The number of benzene rings is 3. The fourth-order valence-electron chi connectivity index (χ4n) is 4.02. The fraction of sp³-hybridized carbons (Fsp3) is 0.179. The molecule has 0 N–H and O–H groups in total. The summed E-state index contributed by atoms with van der Waals surface area (Å²) in [5.74, 6) is 3.39. The second-order valence-electron chi connectivity index (χ2n) is 8.10. The summed E-state index contributed by atoms with van der Waals surface area (Å²) in [7, 11) is 4.76. The number of hydrogen-bond acceptors (Lipinski definition) is 8. The number of rotatable bonds is 8. The standard InChI is InChI=1S/C28H25N3O5S/c1-17-22(29-26(36-17)20-10-6-8-12-24(20)34-3)16-37-28-30-21-11-7-5-9-19(21)27(32)31(28)23-15-18(33-2)13-14-25(23)35-4/h5-15H,16H2,1-4H3. The van der Waals surface area contributed by atoms with Crippen molar-refractivity contribution in [2.75, 3.05) is 21.3 Å². The minimum Gasteiger partial charge on any atom is -0.497 e. The summed E-state index contributed by atoms with van der Waals surface area (Å²) in [6.07, 6.45) is 0.